The molecule has 2 aromatic carbocycles. The molecule has 3 rings (SSSR count). The summed E-state index contributed by atoms with van der Waals surface area (Å²) >= 11 is 0. The van der Waals surface area contributed by atoms with Crippen molar-refractivity contribution in [3.8, 4) is 11.1 Å². The highest BCUT2D eigenvalue weighted by Crippen LogP contribution is 2.44. The van der Waals surface area contributed by atoms with E-state index in [2.05, 4.69) is 17.4 Å². The van der Waals surface area contributed by atoms with Crippen LogP contribution in [0.2, 0.25) is 0 Å². The number of alkyl carbamates (subject to hydrolysis) is 1. The van der Waals surface area contributed by atoms with Gasteiger partial charge in [-0.1, -0.05) is 48.5 Å². The minimum atomic E-state index is -1.11. The van der Waals surface area contributed by atoms with E-state index in [1.165, 1.54) is 11.8 Å². The van der Waals surface area contributed by atoms with Crippen LogP contribution in [0, 0.1) is 0 Å². The number of benzene rings is 2. The van der Waals surface area contributed by atoms with E-state index in [1.54, 1.807) is 0 Å². The quantitative estimate of drug-likeness (QED) is 0.623. The molecule has 0 spiro atoms. The number of carboxylic acids is 1. The molecule has 170 valence electrons. The smallest absolute Gasteiger partial charge is 0.407 e. The number of carbonyl (C=O) groups is 3. The fourth-order valence-electron chi connectivity index (χ4n) is 3.90. The van der Waals surface area contributed by atoms with Crippen LogP contribution in [0.3, 0.4) is 0 Å². The summed E-state index contributed by atoms with van der Waals surface area (Å²) in [6, 6.07) is 15.2. The Morgan fingerprint density at radius 1 is 1.00 bits per heavy atom. The van der Waals surface area contributed by atoms with Gasteiger partial charge < -0.3 is 25.0 Å². The van der Waals surface area contributed by atoms with E-state index < -0.39 is 30.6 Å². The zero-order chi connectivity index (χ0) is 23.3. The average molecular weight is 440 g/mol. The molecule has 0 unspecified atom stereocenters. The number of likely N-dealkylation sites (N-methyl/N-ethyl adjacent to an activating group) is 1. The molecule has 8 nitrogen and oxygen atoms in total. The Bertz CT molecular complexity index is 946. The Morgan fingerprint density at radius 2 is 1.56 bits per heavy atom. The van der Waals surface area contributed by atoms with E-state index in [9.17, 15) is 14.4 Å². The van der Waals surface area contributed by atoms with Crippen molar-refractivity contribution in [2.24, 2.45) is 0 Å². The molecule has 0 radical (unpaired) electrons. The molecule has 0 fully saturated rings. The third kappa shape index (κ3) is 5.45. The van der Waals surface area contributed by atoms with Crippen molar-refractivity contribution in [3.63, 3.8) is 0 Å². The van der Waals surface area contributed by atoms with Crippen LogP contribution in [0.5, 0.6) is 0 Å². The van der Waals surface area contributed by atoms with Gasteiger partial charge in [-0.15, -0.1) is 0 Å². The van der Waals surface area contributed by atoms with Gasteiger partial charge in [0.1, 0.15) is 19.2 Å². The van der Waals surface area contributed by atoms with Crippen molar-refractivity contribution >= 4 is 18.0 Å². The van der Waals surface area contributed by atoms with Crippen LogP contribution in [-0.4, -0.2) is 79.3 Å². The average Bonchev–Trinajstić information content (AvgIpc) is 3.08. The molecule has 0 bridgehead atoms. The van der Waals surface area contributed by atoms with Crippen LogP contribution in [0.25, 0.3) is 11.1 Å². The van der Waals surface area contributed by atoms with Gasteiger partial charge in [0, 0.05) is 19.0 Å². The van der Waals surface area contributed by atoms with Crippen molar-refractivity contribution in [1.29, 1.82) is 0 Å². The van der Waals surface area contributed by atoms with Gasteiger partial charge in [-0.05, 0) is 43.3 Å². The van der Waals surface area contributed by atoms with Crippen LogP contribution in [0.1, 0.15) is 24.0 Å². The number of carbonyl (C=O) groups excluding carboxylic acids is 2. The van der Waals surface area contributed by atoms with Gasteiger partial charge in [-0.25, -0.2) is 4.79 Å². The first-order chi connectivity index (χ1) is 15.3. The van der Waals surface area contributed by atoms with Crippen LogP contribution in [0.15, 0.2) is 48.5 Å². The van der Waals surface area contributed by atoms with Gasteiger partial charge in [0.05, 0.1) is 0 Å². The first kappa shape index (κ1) is 23.3. The van der Waals surface area contributed by atoms with Crippen LogP contribution < -0.4 is 5.32 Å². The van der Waals surface area contributed by atoms with Crippen molar-refractivity contribution < 1.29 is 24.2 Å². The molecule has 1 atom stereocenters. The van der Waals surface area contributed by atoms with Crippen LogP contribution >= 0.6 is 0 Å². The largest absolute Gasteiger partial charge is 0.480 e. The Kier molecular flexibility index (Phi) is 7.48. The van der Waals surface area contributed by atoms with E-state index in [4.69, 9.17) is 9.84 Å². The fraction of sp³-hybridized carbons (Fsp3) is 0.375. The molecule has 0 aromatic heterocycles. The highest BCUT2D eigenvalue weighted by atomic mass is 16.5. The SMILES string of the molecule is C[C@@H](NC(=O)OCC1c2ccccc2-c2ccccc21)C(=O)N(CCN(C)C)CC(=O)O. The van der Waals surface area contributed by atoms with Crippen LogP contribution in [0.4, 0.5) is 4.79 Å². The summed E-state index contributed by atoms with van der Waals surface area (Å²) in [6.45, 7) is 1.99. The van der Waals surface area contributed by atoms with Crippen LogP contribution in [-0.2, 0) is 14.3 Å². The molecule has 8 heteroatoms. The Hall–Kier alpha value is -3.39. The Labute approximate surface area is 187 Å². The summed E-state index contributed by atoms with van der Waals surface area (Å²) in [6.07, 6.45) is -0.712. The first-order valence-electron chi connectivity index (χ1n) is 10.5. The zero-order valence-corrected chi connectivity index (χ0v) is 18.6. The third-order valence-corrected chi connectivity index (χ3v) is 5.50. The van der Waals surface area contributed by atoms with E-state index in [1.807, 2.05) is 55.4 Å². The molecular formula is C24H29N3O5. The number of hydrogen-bond donors (Lipinski definition) is 2. The van der Waals surface area contributed by atoms with Gasteiger partial charge in [0.25, 0.3) is 0 Å². The number of nitrogens with one attached hydrogen (secondary N) is 1. The van der Waals surface area contributed by atoms with E-state index in [0.29, 0.717) is 6.54 Å². The lowest BCUT2D eigenvalue weighted by Gasteiger charge is -2.26. The second-order valence-electron chi connectivity index (χ2n) is 8.15. The number of rotatable bonds is 9. The zero-order valence-electron chi connectivity index (χ0n) is 18.6. The van der Waals surface area contributed by atoms with Gasteiger partial charge >= 0.3 is 12.1 Å². The lowest BCUT2D eigenvalue weighted by atomic mass is 9.98. The highest BCUT2D eigenvalue weighted by molar-refractivity contribution is 5.88. The first-order valence-corrected chi connectivity index (χ1v) is 10.5. The van der Waals surface area contributed by atoms with Crippen molar-refractivity contribution in [2.75, 3.05) is 40.3 Å². The monoisotopic (exact) mass is 439 g/mol. The number of fused-ring (bicyclic) bond motifs is 3. The topological polar surface area (TPSA) is 99.2 Å². The molecule has 1 aliphatic rings. The molecule has 32 heavy (non-hydrogen) atoms. The molecule has 0 saturated carbocycles. The maximum atomic E-state index is 12.7. The summed E-state index contributed by atoms with van der Waals surface area (Å²) in [4.78, 5) is 39.3. The minimum absolute atomic E-state index is 0.0808. The van der Waals surface area contributed by atoms with Gasteiger partial charge in [-0.3, -0.25) is 9.59 Å². The van der Waals surface area contributed by atoms with Gasteiger partial charge in [-0.2, -0.15) is 0 Å². The normalized spacial score (nSPS) is 13.2. The maximum absolute atomic E-state index is 12.7. The standard InChI is InChI=1S/C24H29N3O5/c1-16(23(30)27(14-22(28)29)13-12-26(2)3)25-24(31)32-15-21-19-10-6-4-8-17(19)18-9-5-7-11-20(18)21/h4-11,16,21H,12-15H2,1-3H3,(H,25,31)(H,28,29)/t16-/m1/s1. The number of ether oxygens (including phenoxy) is 1. The number of hydrogen-bond acceptors (Lipinski definition) is 5. The molecule has 2 amide bonds. The molecule has 1 aliphatic carbocycles. The Morgan fingerprint density at radius 3 is 2.09 bits per heavy atom. The molecule has 0 aliphatic heterocycles. The molecular weight excluding hydrogens is 410 g/mol. The molecule has 0 heterocycles. The molecule has 2 N–H and O–H groups in total. The third-order valence-electron chi connectivity index (χ3n) is 5.50. The number of aliphatic carboxylic acids is 1. The van der Waals surface area contributed by atoms with E-state index >= 15 is 0 Å². The van der Waals surface area contributed by atoms with Crippen molar-refractivity contribution in [3.05, 3.63) is 59.7 Å². The minimum Gasteiger partial charge on any atom is -0.480 e. The molecule has 0 saturated heterocycles. The summed E-state index contributed by atoms with van der Waals surface area (Å²) in [5.41, 5.74) is 4.46. The maximum Gasteiger partial charge on any atom is 0.407 e. The van der Waals surface area contributed by atoms with Gasteiger partial charge in [0.15, 0.2) is 0 Å². The number of amides is 2. The fourth-order valence-corrected chi connectivity index (χ4v) is 3.90. The number of carboxylic acid groups (broad SMARTS) is 1. The molecule has 2 aromatic rings. The lowest BCUT2D eigenvalue weighted by molar-refractivity contribution is -0.145. The van der Waals surface area contributed by atoms with E-state index in [-0.39, 0.29) is 19.1 Å². The predicted octanol–water partition coefficient (Wildman–Crippen LogP) is 2.39. The predicted molar refractivity (Wildman–Crippen MR) is 120 cm³/mol. The summed E-state index contributed by atoms with van der Waals surface area (Å²) < 4.78 is 5.47. The van der Waals surface area contributed by atoms with Crippen molar-refractivity contribution in [1.82, 2.24) is 15.1 Å². The summed E-state index contributed by atoms with van der Waals surface area (Å²) in [5.74, 6) is -1.66. The summed E-state index contributed by atoms with van der Waals surface area (Å²) in [7, 11) is 3.67. The lowest BCUT2D eigenvalue weighted by Crippen LogP contribution is -2.50. The van der Waals surface area contributed by atoms with E-state index in [0.717, 1.165) is 22.3 Å². The second-order valence-corrected chi connectivity index (χ2v) is 8.15. The summed E-state index contributed by atoms with van der Waals surface area (Å²) in [5, 5.41) is 11.6. The second kappa shape index (κ2) is 10.3. The van der Waals surface area contributed by atoms with Gasteiger partial charge in [0.2, 0.25) is 5.91 Å². The highest BCUT2D eigenvalue weighted by Gasteiger charge is 2.30. The number of nitrogens with zero attached hydrogens (tertiary/aromatic N) is 2. The Balaban J connectivity index is 1.60. The van der Waals surface area contributed by atoms with Crippen molar-refractivity contribution in [2.45, 2.75) is 18.9 Å².